The number of carbonyl (C=O) groups is 1. The van der Waals surface area contributed by atoms with Gasteiger partial charge in [-0.2, -0.15) is 4.57 Å². The van der Waals surface area contributed by atoms with Crippen LogP contribution < -0.4 is 9.30 Å². The van der Waals surface area contributed by atoms with Crippen molar-refractivity contribution in [3.8, 4) is 16.9 Å². The highest BCUT2D eigenvalue weighted by Gasteiger charge is 2.29. The average Bonchev–Trinajstić information content (AvgIpc) is 2.45. The van der Waals surface area contributed by atoms with Crippen LogP contribution >= 0.6 is 11.6 Å². The predicted molar refractivity (Wildman–Crippen MR) is 79.3 cm³/mol. The lowest BCUT2D eigenvalue weighted by Gasteiger charge is -2.14. The first kappa shape index (κ1) is 15.4. The summed E-state index contributed by atoms with van der Waals surface area (Å²) in [6.07, 6.45) is 0. The number of Topliss-reactive ketones (excluding diaryl/α,β-unsaturated/α-hetero) is 1. The molecule has 0 aliphatic carbocycles. The molecule has 1 aromatic heterocycles. The molecule has 0 saturated heterocycles. The molecule has 0 radical (unpaired) electrons. The van der Waals surface area contributed by atoms with Gasteiger partial charge in [0, 0.05) is 6.92 Å². The minimum Gasteiger partial charge on any atom is -0.495 e. The van der Waals surface area contributed by atoms with E-state index in [1.807, 2.05) is 6.92 Å². The van der Waals surface area contributed by atoms with E-state index in [1.54, 1.807) is 23.7 Å². The monoisotopic (exact) mass is 308 g/mol. The van der Waals surface area contributed by atoms with Gasteiger partial charge in [-0.3, -0.25) is 4.79 Å². The molecule has 2 aromatic rings. The van der Waals surface area contributed by atoms with Crippen LogP contribution in [0.1, 0.15) is 23.0 Å². The van der Waals surface area contributed by atoms with Crippen LogP contribution in [0.4, 0.5) is 4.39 Å². The minimum absolute atomic E-state index is 0.184. The Morgan fingerprint density at radius 2 is 1.86 bits per heavy atom. The third-order valence-electron chi connectivity index (χ3n) is 3.51. The van der Waals surface area contributed by atoms with E-state index in [1.165, 1.54) is 26.2 Å². The van der Waals surface area contributed by atoms with Crippen LogP contribution in [0.15, 0.2) is 24.3 Å². The standard InChI is InChI=1S/C16H16ClFNO2/c1-9-13(11-5-7-12(18)8-6-11)15(21-4)14(10(2)20)16(17)19(9)3/h5-8H,1-4H3/q+1. The minimum atomic E-state index is -0.319. The van der Waals surface area contributed by atoms with Gasteiger partial charge >= 0.3 is 0 Å². The van der Waals surface area contributed by atoms with Gasteiger partial charge in [-0.1, -0.05) is 12.1 Å². The number of pyridine rings is 1. The topological polar surface area (TPSA) is 30.2 Å². The van der Waals surface area contributed by atoms with Crippen LogP contribution in [-0.4, -0.2) is 12.9 Å². The first-order valence-corrected chi connectivity index (χ1v) is 6.79. The molecule has 1 aromatic carbocycles. The van der Waals surface area contributed by atoms with E-state index in [0.717, 1.165) is 16.8 Å². The Kier molecular flexibility index (Phi) is 4.28. The van der Waals surface area contributed by atoms with Crippen molar-refractivity contribution < 1.29 is 18.5 Å². The number of hydrogen-bond acceptors (Lipinski definition) is 2. The Hall–Kier alpha value is -1.94. The Morgan fingerprint density at radius 3 is 2.33 bits per heavy atom. The van der Waals surface area contributed by atoms with Gasteiger partial charge in [0.1, 0.15) is 18.4 Å². The van der Waals surface area contributed by atoms with E-state index >= 15 is 0 Å². The molecule has 0 unspecified atom stereocenters. The molecule has 0 N–H and O–H groups in total. The third-order valence-corrected chi connectivity index (χ3v) is 3.95. The number of rotatable bonds is 3. The fourth-order valence-electron chi connectivity index (χ4n) is 2.33. The highest BCUT2D eigenvalue weighted by molar-refractivity contribution is 6.32. The molecule has 21 heavy (non-hydrogen) atoms. The van der Waals surface area contributed by atoms with Crippen molar-refractivity contribution in [2.45, 2.75) is 13.8 Å². The third kappa shape index (κ3) is 2.63. The lowest BCUT2D eigenvalue weighted by molar-refractivity contribution is -0.675. The second-order valence-electron chi connectivity index (χ2n) is 4.78. The van der Waals surface area contributed by atoms with Crippen LogP contribution in [-0.2, 0) is 7.05 Å². The molecule has 0 fully saturated rings. The van der Waals surface area contributed by atoms with Crippen LogP contribution in [0.25, 0.3) is 11.1 Å². The number of aromatic nitrogens is 1. The van der Waals surface area contributed by atoms with E-state index in [9.17, 15) is 9.18 Å². The van der Waals surface area contributed by atoms with Gasteiger partial charge in [-0.05, 0) is 36.2 Å². The molecule has 1 heterocycles. The van der Waals surface area contributed by atoms with Gasteiger partial charge in [-0.25, -0.2) is 4.39 Å². The number of ketones is 1. The summed E-state index contributed by atoms with van der Waals surface area (Å²) in [6, 6.07) is 6.04. The fourth-order valence-corrected chi connectivity index (χ4v) is 2.68. The molecule has 0 saturated carbocycles. The van der Waals surface area contributed by atoms with Gasteiger partial charge < -0.3 is 4.74 Å². The number of nitrogens with zero attached hydrogens (tertiary/aromatic N) is 1. The van der Waals surface area contributed by atoms with Crippen LogP contribution in [0.5, 0.6) is 5.75 Å². The zero-order valence-electron chi connectivity index (χ0n) is 12.3. The Bertz CT molecular complexity index is 711. The maximum Gasteiger partial charge on any atom is 0.289 e. The lowest BCUT2D eigenvalue weighted by Crippen LogP contribution is -2.36. The normalized spacial score (nSPS) is 10.6. The predicted octanol–water partition coefficient (Wildman–Crippen LogP) is 3.49. The SMILES string of the molecule is COc1c(C(C)=O)c(Cl)[n+](C)c(C)c1-c1ccc(F)cc1. The number of carbonyl (C=O) groups excluding carboxylic acids is 1. The second-order valence-corrected chi connectivity index (χ2v) is 5.14. The lowest BCUT2D eigenvalue weighted by atomic mass is 9.99. The molecule has 0 amide bonds. The summed E-state index contributed by atoms with van der Waals surface area (Å²) in [6.45, 7) is 3.31. The molecular formula is C16H16ClFNO2+. The average molecular weight is 309 g/mol. The van der Waals surface area contributed by atoms with E-state index in [-0.39, 0.29) is 11.6 Å². The molecule has 3 nitrogen and oxygen atoms in total. The summed E-state index contributed by atoms with van der Waals surface area (Å²) in [4.78, 5) is 11.9. The fraction of sp³-hybridized carbons (Fsp3) is 0.250. The Balaban J connectivity index is 2.87. The maximum absolute atomic E-state index is 13.1. The first-order valence-electron chi connectivity index (χ1n) is 6.41. The van der Waals surface area contributed by atoms with Gasteiger partial charge in [0.15, 0.2) is 17.2 Å². The molecular weight excluding hydrogens is 293 g/mol. The van der Waals surface area contributed by atoms with Crippen molar-refractivity contribution >= 4 is 17.4 Å². The van der Waals surface area contributed by atoms with E-state index < -0.39 is 0 Å². The van der Waals surface area contributed by atoms with Crippen molar-refractivity contribution in [1.29, 1.82) is 0 Å². The van der Waals surface area contributed by atoms with Crippen molar-refractivity contribution in [2.24, 2.45) is 7.05 Å². The van der Waals surface area contributed by atoms with Crippen molar-refractivity contribution in [2.75, 3.05) is 7.11 Å². The molecule has 0 aliphatic heterocycles. The number of hydrogen-bond donors (Lipinski definition) is 0. The Morgan fingerprint density at radius 1 is 1.29 bits per heavy atom. The molecule has 0 atom stereocenters. The van der Waals surface area contributed by atoms with Crippen molar-refractivity contribution in [3.63, 3.8) is 0 Å². The summed E-state index contributed by atoms with van der Waals surface area (Å²) < 4.78 is 20.3. The first-order chi connectivity index (χ1) is 9.88. The largest absolute Gasteiger partial charge is 0.495 e. The molecule has 0 bridgehead atoms. The molecule has 0 aliphatic rings. The number of ether oxygens (including phenoxy) is 1. The zero-order chi connectivity index (χ0) is 15.7. The van der Waals surface area contributed by atoms with Gasteiger partial charge in [0.2, 0.25) is 0 Å². The maximum atomic E-state index is 13.1. The second kappa shape index (κ2) is 5.82. The van der Waals surface area contributed by atoms with Gasteiger partial charge in [0.25, 0.3) is 5.15 Å². The number of methoxy groups -OCH3 is 1. The number of benzene rings is 1. The van der Waals surface area contributed by atoms with Crippen LogP contribution in [0.3, 0.4) is 0 Å². The quantitative estimate of drug-likeness (QED) is 0.493. The molecule has 2 rings (SSSR count). The molecule has 5 heteroatoms. The van der Waals surface area contributed by atoms with Crippen LogP contribution in [0, 0.1) is 12.7 Å². The summed E-state index contributed by atoms with van der Waals surface area (Å²) in [5.41, 5.74) is 2.65. The highest BCUT2D eigenvalue weighted by Crippen LogP contribution is 2.37. The Labute approximate surface area is 127 Å². The van der Waals surface area contributed by atoms with Gasteiger partial charge in [-0.15, -0.1) is 0 Å². The summed E-state index contributed by atoms with van der Waals surface area (Å²) in [5.74, 6) is -0.0916. The summed E-state index contributed by atoms with van der Waals surface area (Å²) in [5, 5.41) is 0.322. The van der Waals surface area contributed by atoms with Crippen molar-refractivity contribution in [3.05, 3.63) is 46.5 Å². The molecule has 110 valence electrons. The summed E-state index contributed by atoms with van der Waals surface area (Å²) >= 11 is 6.26. The summed E-state index contributed by atoms with van der Waals surface area (Å²) in [7, 11) is 3.27. The van der Waals surface area contributed by atoms with E-state index in [4.69, 9.17) is 16.3 Å². The van der Waals surface area contributed by atoms with E-state index in [2.05, 4.69) is 0 Å². The smallest absolute Gasteiger partial charge is 0.289 e. The van der Waals surface area contributed by atoms with Gasteiger partial charge in [0.05, 0.1) is 12.7 Å². The highest BCUT2D eigenvalue weighted by atomic mass is 35.5. The molecule has 0 spiro atoms. The zero-order valence-corrected chi connectivity index (χ0v) is 13.1. The van der Waals surface area contributed by atoms with Crippen molar-refractivity contribution in [1.82, 2.24) is 0 Å². The number of halogens is 2. The van der Waals surface area contributed by atoms with E-state index in [0.29, 0.717) is 16.5 Å². The van der Waals surface area contributed by atoms with Crippen LogP contribution in [0.2, 0.25) is 5.15 Å².